The molecule has 112 valence electrons. The van der Waals surface area contributed by atoms with Crippen LogP contribution >= 0.6 is 0 Å². The van der Waals surface area contributed by atoms with Gasteiger partial charge in [0, 0.05) is 24.9 Å². The lowest BCUT2D eigenvalue weighted by Gasteiger charge is -2.19. The van der Waals surface area contributed by atoms with E-state index in [9.17, 15) is 9.90 Å². The van der Waals surface area contributed by atoms with E-state index in [1.54, 1.807) is 6.92 Å². The van der Waals surface area contributed by atoms with Crippen LogP contribution in [0.5, 0.6) is 0 Å². The topological polar surface area (TPSA) is 75.4 Å². The van der Waals surface area contributed by atoms with Gasteiger partial charge in [-0.15, -0.1) is 0 Å². The second kappa shape index (κ2) is 8.72. The number of hydrogen-bond donors (Lipinski definition) is 3. The van der Waals surface area contributed by atoms with Gasteiger partial charge in [-0.25, -0.2) is 0 Å². The molecule has 4 nitrogen and oxygen atoms in total. The zero-order valence-electron chi connectivity index (χ0n) is 12.4. The van der Waals surface area contributed by atoms with Crippen molar-refractivity contribution in [3.63, 3.8) is 0 Å². The van der Waals surface area contributed by atoms with Gasteiger partial charge in [0.1, 0.15) is 0 Å². The smallest absolute Gasteiger partial charge is 0.220 e. The number of aliphatic hydroxyl groups excluding tert-OH is 1. The molecule has 1 aromatic rings. The van der Waals surface area contributed by atoms with E-state index in [1.807, 2.05) is 37.3 Å². The molecule has 0 radical (unpaired) electrons. The number of amides is 1. The van der Waals surface area contributed by atoms with Crippen LogP contribution in [0.1, 0.15) is 44.6 Å². The minimum Gasteiger partial charge on any atom is -0.393 e. The average molecular weight is 278 g/mol. The molecule has 0 saturated carbocycles. The van der Waals surface area contributed by atoms with Gasteiger partial charge in [-0.2, -0.15) is 0 Å². The molecule has 0 bridgehead atoms. The maximum absolute atomic E-state index is 11.7. The van der Waals surface area contributed by atoms with Crippen LogP contribution in [-0.2, 0) is 4.79 Å². The molecule has 0 aromatic heterocycles. The third-order valence-electron chi connectivity index (χ3n) is 3.27. The first-order valence-electron chi connectivity index (χ1n) is 7.24. The summed E-state index contributed by atoms with van der Waals surface area (Å²) in [6, 6.07) is 10.0. The molecule has 4 N–H and O–H groups in total. The molecule has 3 unspecified atom stereocenters. The summed E-state index contributed by atoms with van der Waals surface area (Å²) < 4.78 is 0. The minimum absolute atomic E-state index is 0.0221. The highest BCUT2D eigenvalue weighted by atomic mass is 16.3. The van der Waals surface area contributed by atoms with E-state index in [-0.39, 0.29) is 24.0 Å². The first-order valence-corrected chi connectivity index (χ1v) is 7.24. The highest BCUT2D eigenvalue weighted by Crippen LogP contribution is 2.20. The van der Waals surface area contributed by atoms with Crippen molar-refractivity contribution in [3.05, 3.63) is 35.9 Å². The van der Waals surface area contributed by atoms with Crippen LogP contribution in [0.2, 0.25) is 0 Å². The second-order valence-corrected chi connectivity index (χ2v) is 5.51. The predicted molar refractivity (Wildman–Crippen MR) is 81.4 cm³/mol. The third-order valence-corrected chi connectivity index (χ3v) is 3.27. The lowest BCUT2D eigenvalue weighted by Crippen LogP contribution is -2.30. The molecule has 0 aliphatic rings. The molecule has 0 saturated heterocycles. The van der Waals surface area contributed by atoms with Gasteiger partial charge in [0.05, 0.1) is 6.10 Å². The molecular weight excluding hydrogens is 252 g/mol. The fourth-order valence-corrected chi connectivity index (χ4v) is 2.16. The number of carbonyl (C=O) groups is 1. The van der Waals surface area contributed by atoms with Crippen LogP contribution in [0.15, 0.2) is 30.3 Å². The van der Waals surface area contributed by atoms with E-state index in [0.717, 1.165) is 5.56 Å². The summed E-state index contributed by atoms with van der Waals surface area (Å²) in [6.45, 7) is 4.22. The van der Waals surface area contributed by atoms with Crippen LogP contribution in [0.4, 0.5) is 0 Å². The molecule has 4 heteroatoms. The summed E-state index contributed by atoms with van der Waals surface area (Å²) >= 11 is 0. The normalized spacial score (nSPS) is 15.4. The monoisotopic (exact) mass is 278 g/mol. The fourth-order valence-electron chi connectivity index (χ4n) is 2.16. The average Bonchev–Trinajstić information content (AvgIpc) is 2.41. The first-order chi connectivity index (χ1) is 9.49. The molecule has 20 heavy (non-hydrogen) atoms. The van der Waals surface area contributed by atoms with E-state index >= 15 is 0 Å². The maximum Gasteiger partial charge on any atom is 0.220 e. The Kier molecular flexibility index (Phi) is 7.26. The lowest BCUT2D eigenvalue weighted by atomic mass is 9.93. The molecule has 0 heterocycles. The highest BCUT2D eigenvalue weighted by Gasteiger charge is 2.15. The molecule has 3 atom stereocenters. The molecular formula is C16H26N2O2. The summed E-state index contributed by atoms with van der Waals surface area (Å²) in [5.41, 5.74) is 6.78. The number of benzene rings is 1. The van der Waals surface area contributed by atoms with Gasteiger partial charge in [0.15, 0.2) is 0 Å². The summed E-state index contributed by atoms with van der Waals surface area (Å²) in [6.07, 6.45) is 1.39. The van der Waals surface area contributed by atoms with Gasteiger partial charge in [-0.3, -0.25) is 4.79 Å². The van der Waals surface area contributed by atoms with E-state index in [4.69, 9.17) is 5.73 Å². The van der Waals surface area contributed by atoms with E-state index < -0.39 is 0 Å². The number of rotatable bonds is 8. The van der Waals surface area contributed by atoms with Crippen molar-refractivity contribution in [1.82, 2.24) is 5.32 Å². The number of nitrogens with one attached hydrogen (secondary N) is 1. The quantitative estimate of drug-likeness (QED) is 0.678. The Balaban J connectivity index is 2.51. The summed E-state index contributed by atoms with van der Waals surface area (Å²) in [7, 11) is 0. The Morgan fingerprint density at radius 3 is 2.50 bits per heavy atom. The van der Waals surface area contributed by atoms with Gasteiger partial charge in [-0.05, 0) is 32.3 Å². The molecule has 0 fully saturated rings. The fraction of sp³-hybridized carbons (Fsp3) is 0.562. The minimum atomic E-state index is -0.388. The van der Waals surface area contributed by atoms with Gasteiger partial charge < -0.3 is 16.2 Å². The van der Waals surface area contributed by atoms with Crippen LogP contribution in [0.25, 0.3) is 0 Å². The molecule has 0 aliphatic heterocycles. The number of hydrogen-bond acceptors (Lipinski definition) is 3. The van der Waals surface area contributed by atoms with E-state index in [0.29, 0.717) is 25.8 Å². The Morgan fingerprint density at radius 1 is 1.30 bits per heavy atom. The van der Waals surface area contributed by atoms with Crippen LogP contribution < -0.4 is 11.1 Å². The van der Waals surface area contributed by atoms with Crippen molar-refractivity contribution in [2.75, 3.05) is 6.54 Å². The van der Waals surface area contributed by atoms with E-state index in [2.05, 4.69) is 5.32 Å². The van der Waals surface area contributed by atoms with E-state index in [1.165, 1.54) is 0 Å². The molecule has 0 aliphatic carbocycles. The summed E-state index contributed by atoms with van der Waals surface area (Å²) in [4.78, 5) is 11.7. The van der Waals surface area contributed by atoms with Crippen molar-refractivity contribution < 1.29 is 9.90 Å². The number of nitrogens with two attached hydrogens (primary N) is 1. The van der Waals surface area contributed by atoms with Crippen molar-refractivity contribution in [2.24, 2.45) is 5.73 Å². The Morgan fingerprint density at radius 2 is 1.95 bits per heavy atom. The largest absolute Gasteiger partial charge is 0.393 e. The summed E-state index contributed by atoms with van der Waals surface area (Å²) in [5, 5.41) is 12.5. The van der Waals surface area contributed by atoms with Crippen molar-refractivity contribution >= 4 is 5.91 Å². The molecule has 0 spiro atoms. The Labute approximate surface area is 121 Å². The van der Waals surface area contributed by atoms with Crippen LogP contribution in [0.3, 0.4) is 0 Å². The zero-order valence-corrected chi connectivity index (χ0v) is 12.4. The second-order valence-electron chi connectivity index (χ2n) is 5.51. The first kappa shape index (κ1) is 16.7. The van der Waals surface area contributed by atoms with Crippen molar-refractivity contribution in [1.29, 1.82) is 0 Å². The lowest BCUT2D eigenvalue weighted by molar-refractivity contribution is -0.121. The van der Waals surface area contributed by atoms with Crippen molar-refractivity contribution in [3.8, 4) is 0 Å². The Bertz CT molecular complexity index is 391. The molecule has 1 aromatic carbocycles. The highest BCUT2D eigenvalue weighted by molar-refractivity contribution is 5.75. The number of carbonyl (C=O) groups excluding carboxylic acids is 1. The van der Waals surface area contributed by atoms with Crippen LogP contribution in [-0.4, -0.2) is 29.7 Å². The SMILES string of the molecule is CC(N)CCC(=O)NCC(CC(C)O)c1ccccc1. The van der Waals surface area contributed by atoms with Gasteiger partial charge >= 0.3 is 0 Å². The molecule has 1 amide bonds. The zero-order chi connectivity index (χ0) is 15.0. The van der Waals surface area contributed by atoms with Gasteiger partial charge in [0.2, 0.25) is 5.91 Å². The maximum atomic E-state index is 11.7. The third kappa shape index (κ3) is 6.68. The Hall–Kier alpha value is -1.39. The van der Waals surface area contributed by atoms with Gasteiger partial charge in [0.25, 0.3) is 0 Å². The standard InChI is InChI=1S/C16H26N2O2/c1-12(17)8-9-16(20)18-11-15(10-13(2)19)14-6-4-3-5-7-14/h3-7,12-13,15,19H,8-11,17H2,1-2H3,(H,18,20). The van der Waals surface area contributed by atoms with Crippen molar-refractivity contribution in [2.45, 2.75) is 51.2 Å². The van der Waals surface area contributed by atoms with Gasteiger partial charge in [-0.1, -0.05) is 30.3 Å². The predicted octanol–water partition coefficient (Wildman–Crippen LogP) is 1.78. The summed E-state index contributed by atoms with van der Waals surface area (Å²) in [5.74, 6) is 0.157. The molecule has 1 rings (SSSR count). The van der Waals surface area contributed by atoms with Crippen LogP contribution in [0, 0.1) is 0 Å². The number of aliphatic hydroxyl groups is 1.